The van der Waals surface area contributed by atoms with E-state index in [1.165, 1.54) is 0 Å². The lowest BCUT2D eigenvalue weighted by Crippen LogP contribution is -2.23. The maximum Gasteiger partial charge on any atom is 0.125 e. The SMILES string of the molecule is CC(C)(C)n1nc(-c2ccccc2)c2c(C(N)c3ccco3)cccc21. The molecular formula is C22H23N3O. The molecule has 0 fully saturated rings. The zero-order chi connectivity index (χ0) is 18.3. The van der Waals surface area contributed by atoms with Gasteiger partial charge in [0.2, 0.25) is 0 Å². The summed E-state index contributed by atoms with van der Waals surface area (Å²) in [5.74, 6) is 0.750. The van der Waals surface area contributed by atoms with E-state index in [-0.39, 0.29) is 11.6 Å². The van der Waals surface area contributed by atoms with Crippen molar-refractivity contribution >= 4 is 10.9 Å². The summed E-state index contributed by atoms with van der Waals surface area (Å²) in [6.07, 6.45) is 1.66. The van der Waals surface area contributed by atoms with Gasteiger partial charge in [-0.1, -0.05) is 42.5 Å². The van der Waals surface area contributed by atoms with Gasteiger partial charge in [-0.3, -0.25) is 4.68 Å². The molecule has 0 aliphatic heterocycles. The summed E-state index contributed by atoms with van der Waals surface area (Å²) in [4.78, 5) is 0. The fourth-order valence-electron chi connectivity index (χ4n) is 3.39. The van der Waals surface area contributed by atoms with E-state index in [0.29, 0.717) is 0 Å². The Morgan fingerprint density at radius 3 is 2.38 bits per heavy atom. The number of nitrogens with two attached hydrogens (primary N) is 1. The molecule has 1 atom stereocenters. The second kappa shape index (κ2) is 6.15. The van der Waals surface area contributed by atoms with Gasteiger partial charge in [0.15, 0.2) is 0 Å². The van der Waals surface area contributed by atoms with Crippen molar-refractivity contribution in [3.63, 3.8) is 0 Å². The first kappa shape index (κ1) is 16.6. The maximum atomic E-state index is 6.56. The number of furan rings is 1. The van der Waals surface area contributed by atoms with Crippen LogP contribution < -0.4 is 5.73 Å². The molecule has 0 bridgehead atoms. The zero-order valence-corrected chi connectivity index (χ0v) is 15.3. The summed E-state index contributed by atoms with van der Waals surface area (Å²) in [7, 11) is 0. The van der Waals surface area contributed by atoms with E-state index in [1.54, 1.807) is 6.26 Å². The van der Waals surface area contributed by atoms with Crippen LogP contribution in [0, 0.1) is 0 Å². The lowest BCUT2D eigenvalue weighted by atomic mass is 9.97. The van der Waals surface area contributed by atoms with Gasteiger partial charge in [0, 0.05) is 10.9 Å². The molecule has 0 radical (unpaired) electrons. The molecule has 26 heavy (non-hydrogen) atoms. The van der Waals surface area contributed by atoms with Gasteiger partial charge >= 0.3 is 0 Å². The van der Waals surface area contributed by atoms with Gasteiger partial charge in [0.1, 0.15) is 11.5 Å². The van der Waals surface area contributed by atoms with Crippen LogP contribution in [0.3, 0.4) is 0 Å². The second-order valence-corrected chi connectivity index (χ2v) is 7.53. The normalized spacial score (nSPS) is 13.2. The van der Waals surface area contributed by atoms with E-state index in [9.17, 15) is 0 Å². The lowest BCUT2D eigenvalue weighted by molar-refractivity contribution is 0.369. The topological polar surface area (TPSA) is 57.0 Å². The molecule has 0 aliphatic rings. The first-order chi connectivity index (χ1) is 12.5. The molecule has 2 N–H and O–H groups in total. The minimum Gasteiger partial charge on any atom is -0.467 e. The molecular weight excluding hydrogens is 322 g/mol. The van der Waals surface area contributed by atoms with Crippen molar-refractivity contribution in [3.8, 4) is 11.3 Å². The molecule has 132 valence electrons. The molecule has 0 saturated carbocycles. The van der Waals surface area contributed by atoms with Crippen LogP contribution in [0.1, 0.15) is 38.1 Å². The first-order valence-corrected chi connectivity index (χ1v) is 8.83. The van der Waals surface area contributed by atoms with Crippen molar-refractivity contribution < 1.29 is 4.42 Å². The van der Waals surface area contributed by atoms with Crippen molar-refractivity contribution in [3.05, 3.63) is 78.3 Å². The Morgan fingerprint density at radius 2 is 1.73 bits per heavy atom. The van der Waals surface area contributed by atoms with Crippen LogP contribution in [0.25, 0.3) is 22.2 Å². The molecule has 0 spiro atoms. The monoisotopic (exact) mass is 345 g/mol. The molecule has 0 saturated heterocycles. The minimum atomic E-state index is -0.339. The summed E-state index contributed by atoms with van der Waals surface area (Å²) in [5.41, 5.74) is 10.6. The fraction of sp³-hybridized carbons (Fsp3) is 0.227. The third-order valence-corrected chi connectivity index (χ3v) is 4.61. The molecule has 4 heteroatoms. The summed E-state index contributed by atoms with van der Waals surface area (Å²) in [5, 5.41) is 6.07. The average Bonchev–Trinajstić information content (AvgIpc) is 3.29. The molecule has 2 aromatic carbocycles. The van der Waals surface area contributed by atoms with E-state index in [4.69, 9.17) is 15.2 Å². The number of nitrogens with zero attached hydrogens (tertiary/aromatic N) is 2. The van der Waals surface area contributed by atoms with Gasteiger partial charge in [0.05, 0.1) is 23.4 Å². The number of hydrogen-bond donors (Lipinski definition) is 1. The Kier molecular flexibility index (Phi) is 3.93. The Labute approximate surface area is 153 Å². The highest BCUT2D eigenvalue weighted by Crippen LogP contribution is 2.36. The van der Waals surface area contributed by atoms with Gasteiger partial charge in [-0.05, 0) is 44.5 Å². The Morgan fingerprint density at radius 1 is 0.962 bits per heavy atom. The fourth-order valence-corrected chi connectivity index (χ4v) is 3.39. The van der Waals surface area contributed by atoms with Crippen LogP contribution >= 0.6 is 0 Å². The van der Waals surface area contributed by atoms with Gasteiger partial charge in [0.25, 0.3) is 0 Å². The highest BCUT2D eigenvalue weighted by molar-refractivity contribution is 5.96. The van der Waals surface area contributed by atoms with E-state index in [2.05, 4.69) is 49.7 Å². The third-order valence-electron chi connectivity index (χ3n) is 4.61. The van der Waals surface area contributed by atoms with E-state index >= 15 is 0 Å². The van der Waals surface area contributed by atoms with Gasteiger partial charge in [-0.2, -0.15) is 5.10 Å². The van der Waals surface area contributed by atoms with Gasteiger partial charge < -0.3 is 10.2 Å². The van der Waals surface area contributed by atoms with Crippen molar-refractivity contribution in [2.24, 2.45) is 5.73 Å². The quantitative estimate of drug-likeness (QED) is 0.562. The van der Waals surface area contributed by atoms with Crippen LogP contribution in [-0.4, -0.2) is 9.78 Å². The molecule has 2 aromatic heterocycles. The largest absolute Gasteiger partial charge is 0.467 e. The number of rotatable bonds is 3. The van der Waals surface area contributed by atoms with Crippen LogP contribution in [0.15, 0.2) is 71.3 Å². The zero-order valence-electron chi connectivity index (χ0n) is 15.3. The molecule has 4 aromatic rings. The number of hydrogen-bond acceptors (Lipinski definition) is 3. The highest BCUT2D eigenvalue weighted by atomic mass is 16.3. The van der Waals surface area contributed by atoms with Crippen molar-refractivity contribution in [2.45, 2.75) is 32.4 Å². The smallest absolute Gasteiger partial charge is 0.125 e. The Balaban J connectivity index is 2.04. The van der Waals surface area contributed by atoms with Crippen molar-refractivity contribution in [1.29, 1.82) is 0 Å². The molecule has 1 unspecified atom stereocenters. The molecule has 2 heterocycles. The van der Waals surface area contributed by atoms with E-state index in [1.807, 2.05) is 36.4 Å². The Bertz CT molecular complexity index is 1020. The Hall–Kier alpha value is -2.85. The maximum absolute atomic E-state index is 6.56. The molecule has 4 rings (SSSR count). The van der Waals surface area contributed by atoms with Crippen LogP contribution in [-0.2, 0) is 5.54 Å². The second-order valence-electron chi connectivity index (χ2n) is 7.53. The molecule has 4 nitrogen and oxygen atoms in total. The predicted octanol–water partition coefficient (Wildman–Crippen LogP) is 5.10. The van der Waals surface area contributed by atoms with Crippen LogP contribution in [0.4, 0.5) is 0 Å². The van der Waals surface area contributed by atoms with Gasteiger partial charge in [-0.25, -0.2) is 0 Å². The van der Waals surface area contributed by atoms with Crippen molar-refractivity contribution in [2.75, 3.05) is 0 Å². The van der Waals surface area contributed by atoms with E-state index in [0.717, 1.165) is 33.5 Å². The molecule has 0 amide bonds. The molecule has 0 aliphatic carbocycles. The number of fused-ring (bicyclic) bond motifs is 1. The lowest BCUT2D eigenvalue weighted by Gasteiger charge is -2.20. The number of aromatic nitrogens is 2. The summed E-state index contributed by atoms with van der Waals surface area (Å²) in [6.45, 7) is 6.48. The third kappa shape index (κ3) is 2.72. The predicted molar refractivity (Wildman–Crippen MR) is 105 cm³/mol. The van der Waals surface area contributed by atoms with Crippen molar-refractivity contribution in [1.82, 2.24) is 9.78 Å². The summed E-state index contributed by atoms with van der Waals surface area (Å²) in [6, 6.07) is 19.9. The standard InChI is InChI=1S/C22H23N3O/c1-22(2,3)25-17-12-7-11-16(20(23)18-13-8-14-26-18)19(17)21(24-25)15-9-5-4-6-10-15/h4-14,20H,23H2,1-3H3. The first-order valence-electron chi connectivity index (χ1n) is 8.83. The van der Waals surface area contributed by atoms with E-state index < -0.39 is 0 Å². The minimum absolute atomic E-state index is 0.140. The van der Waals surface area contributed by atoms with Gasteiger partial charge in [-0.15, -0.1) is 0 Å². The summed E-state index contributed by atoms with van der Waals surface area (Å²) >= 11 is 0. The van der Waals surface area contributed by atoms with Crippen LogP contribution in [0.2, 0.25) is 0 Å². The highest BCUT2D eigenvalue weighted by Gasteiger charge is 2.25. The average molecular weight is 345 g/mol. The number of benzene rings is 2. The summed E-state index contributed by atoms with van der Waals surface area (Å²) < 4.78 is 7.65. The van der Waals surface area contributed by atoms with Crippen LogP contribution in [0.5, 0.6) is 0 Å².